The van der Waals surface area contributed by atoms with Crippen LogP contribution in [0, 0.1) is 6.92 Å². The number of amides is 2. The van der Waals surface area contributed by atoms with E-state index in [4.69, 9.17) is 9.47 Å². The number of benzene rings is 3. The van der Waals surface area contributed by atoms with Crippen LogP contribution >= 0.6 is 15.9 Å². The third-order valence-electron chi connectivity index (χ3n) is 6.24. The zero-order chi connectivity index (χ0) is 28.7. The Labute approximate surface area is 237 Å². The van der Waals surface area contributed by atoms with Crippen LogP contribution in [0.25, 0.3) is 0 Å². The van der Waals surface area contributed by atoms with Crippen LogP contribution in [-0.2, 0) is 26.2 Å². The van der Waals surface area contributed by atoms with Crippen LogP contribution in [0.1, 0.15) is 18.1 Å². The topological polar surface area (TPSA) is 105 Å². The van der Waals surface area contributed by atoms with Crippen molar-refractivity contribution in [2.45, 2.75) is 31.3 Å². The fraction of sp³-hybridized carbons (Fsp3) is 0.286. The van der Waals surface area contributed by atoms with Crippen LogP contribution in [0.4, 0.5) is 5.69 Å². The molecule has 0 aliphatic rings. The summed E-state index contributed by atoms with van der Waals surface area (Å²) in [6, 6.07) is 17.5. The van der Waals surface area contributed by atoms with E-state index in [1.165, 1.54) is 37.3 Å². The summed E-state index contributed by atoms with van der Waals surface area (Å²) in [5.41, 5.74) is 2.01. The van der Waals surface area contributed by atoms with Gasteiger partial charge in [-0.25, -0.2) is 8.42 Å². The highest BCUT2D eigenvalue weighted by Crippen LogP contribution is 2.31. The molecule has 0 fully saturated rings. The molecule has 0 spiro atoms. The SMILES string of the molecule is CNC(=O)[C@@H](C)N(Cc1ccc(OC)cc1)C(=O)CN(c1ccc(C)cc1)S(=O)(=O)c1ccc(OC)c(Br)c1. The van der Waals surface area contributed by atoms with E-state index in [9.17, 15) is 18.0 Å². The van der Waals surface area contributed by atoms with Crippen LogP contribution in [0.2, 0.25) is 0 Å². The number of nitrogens with one attached hydrogen (secondary N) is 1. The molecule has 39 heavy (non-hydrogen) atoms. The maximum atomic E-state index is 13.9. The number of anilines is 1. The van der Waals surface area contributed by atoms with Gasteiger partial charge in [0.2, 0.25) is 11.8 Å². The van der Waals surface area contributed by atoms with Crippen LogP contribution in [0.15, 0.2) is 76.1 Å². The van der Waals surface area contributed by atoms with Gasteiger partial charge >= 0.3 is 0 Å². The van der Waals surface area contributed by atoms with Gasteiger partial charge in [-0.2, -0.15) is 0 Å². The third kappa shape index (κ3) is 7.10. The highest BCUT2D eigenvalue weighted by atomic mass is 79.9. The minimum Gasteiger partial charge on any atom is -0.497 e. The quantitative estimate of drug-likeness (QED) is 0.347. The van der Waals surface area contributed by atoms with Crippen molar-refractivity contribution in [2.75, 3.05) is 32.1 Å². The minimum atomic E-state index is -4.19. The number of sulfonamides is 1. The van der Waals surface area contributed by atoms with Gasteiger partial charge < -0.3 is 19.7 Å². The van der Waals surface area contributed by atoms with Gasteiger partial charge in [0, 0.05) is 13.6 Å². The first kappa shape index (κ1) is 30.0. The van der Waals surface area contributed by atoms with Crippen LogP contribution in [0.5, 0.6) is 11.5 Å². The van der Waals surface area contributed by atoms with E-state index in [0.717, 1.165) is 15.4 Å². The molecule has 0 aliphatic carbocycles. The number of carbonyl (C=O) groups is 2. The fourth-order valence-corrected chi connectivity index (χ4v) is 6.03. The van der Waals surface area contributed by atoms with Crippen molar-refractivity contribution in [3.05, 3.63) is 82.3 Å². The van der Waals surface area contributed by atoms with Crippen LogP contribution < -0.4 is 19.1 Å². The Balaban J connectivity index is 2.03. The maximum Gasteiger partial charge on any atom is 0.264 e. The predicted octanol–water partition coefficient (Wildman–Crippen LogP) is 4.13. The Bertz CT molecular complexity index is 1410. The summed E-state index contributed by atoms with van der Waals surface area (Å²) in [6.45, 7) is 3.06. The molecular formula is C28H32BrN3O6S. The largest absolute Gasteiger partial charge is 0.497 e. The molecule has 0 saturated carbocycles. The number of hydrogen-bond donors (Lipinski definition) is 1. The first-order valence-corrected chi connectivity index (χ1v) is 14.3. The number of nitrogens with zero attached hydrogens (tertiary/aromatic N) is 2. The zero-order valence-electron chi connectivity index (χ0n) is 22.5. The van der Waals surface area contributed by atoms with Gasteiger partial charge in [0.25, 0.3) is 10.0 Å². The number of ether oxygens (including phenoxy) is 2. The van der Waals surface area contributed by atoms with Crippen LogP contribution in [0.3, 0.4) is 0 Å². The molecule has 0 unspecified atom stereocenters. The Kier molecular flexibility index (Phi) is 9.98. The Hall–Kier alpha value is -3.57. The number of likely N-dealkylation sites (N-methyl/N-ethyl adjacent to an activating group) is 1. The van der Waals surface area contributed by atoms with Gasteiger partial charge in [-0.1, -0.05) is 29.8 Å². The van der Waals surface area contributed by atoms with Crippen molar-refractivity contribution in [1.82, 2.24) is 10.2 Å². The summed E-state index contributed by atoms with van der Waals surface area (Å²) in [6.07, 6.45) is 0. The summed E-state index contributed by atoms with van der Waals surface area (Å²) in [4.78, 5) is 27.7. The summed E-state index contributed by atoms with van der Waals surface area (Å²) < 4.78 is 39.8. The number of methoxy groups -OCH3 is 2. The lowest BCUT2D eigenvalue weighted by Gasteiger charge is -2.32. The molecule has 1 N–H and O–H groups in total. The Morgan fingerprint density at radius 3 is 2.15 bits per heavy atom. The summed E-state index contributed by atoms with van der Waals surface area (Å²) >= 11 is 3.34. The average Bonchev–Trinajstić information content (AvgIpc) is 2.94. The molecule has 0 aliphatic heterocycles. The molecule has 1 atom stereocenters. The van der Waals surface area contributed by atoms with Crippen molar-refractivity contribution >= 4 is 43.5 Å². The van der Waals surface area contributed by atoms with Gasteiger partial charge in [0.05, 0.1) is 29.3 Å². The van der Waals surface area contributed by atoms with E-state index in [2.05, 4.69) is 21.2 Å². The number of carbonyl (C=O) groups excluding carboxylic acids is 2. The van der Waals surface area contributed by atoms with Crippen molar-refractivity contribution in [3.63, 3.8) is 0 Å². The molecule has 208 valence electrons. The molecule has 11 heteroatoms. The predicted molar refractivity (Wildman–Crippen MR) is 153 cm³/mol. The molecule has 0 aromatic heterocycles. The number of halogens is 1. The molecule has 3 rings (SSSR count). The summed E-state index contributed by atoms with van der Waals surface area (Å²) in [5.74, 6) is 0.203. The monoisotopic (exact) mass is 617 g/mol. The minimum absolute atomic E-state index is 0.0235. The molecule has 0 heterocycles. The molecule has 3 aromatic rings. The second-order valence-corrected chi connectivity index (χ2v) is 11.5. The van der Waals surface area contributed by atoms with Crippen molar-refractivity contribution in [2.24, 2.45) is 0 Å². The number of rotatable bonds is 11. The van der Waals surface area contributed by atoms with Crippen molar-refractivity contribution in [1.29, 1.82) is 0 Å². The molecule has 0 saturated heterocycles. The lowest BCUT2D eigenvalue weighted by atomic mass is 10.1. The first-order chi connectivity index (χ1) is 18.5. The van der Waals surface area contributed by atoms with E-state index < -0.39 is 28.5 Å². The van der Waals surface area contributed by atoms with Crippen LogP contribution in [-0.4, -0.2) is 59.0 Å². The Morgan fingerprint density at radius 1 is 0.974 bits per heavy atom. The van der Waals surface area contributed by atoms with Gasteiger partial charge in [-0.3, -0.25) is 13.9 Å². The molecule has 2 amide bonds. The number of aryl methyl sites for hydroxylation is 1. The van der Waals surface area contributed by atoms with Crippen molar-refractivity contribution in [3.8, 4) is 11.5 Å². The smallest absolute Gasteiger partial charge is 0.264 e. The summed E-state index contributed by atoms with van der Waals surface area (Å²) in [5, 5.41) is 2.57. The normalized spacial score (nSPS) is 11.8. The van der Waals surface area contributed by atoms with Gasteiger partial charge in [0.1, 0.15) is 24.1 Å². The molecule has 9 nitrogen and oxygen atoms in total. The standard InChI is InChI=1S/C28H32BrN3O6S/c1-19-6-10-22(11-7-19)32(39(35,36)24-14-15-26(38-5)25(29)16-24)18-27(33)31(20(2)28(34)30-3)17-21-8-12-23(37-4)13-9-21/h6-16,20H,17-18H2,1-5H3,(H,30,34)/t20-/m1/s1. The third-order valence-corrected chi connectivity index (χ3v) is 8.63. The van der Waals surface area contributed by atoms with E-state index >= 15 is 0 Å². The van der Waals surface area contributed by atoms with E-state index in [-0.39, 0.29) is 17.3 Å². The second kappa shape index (κ2) is 13.0. The van der Waals surface area contributed by atoms with E-state index in [1.54, 1.807) is 62.6 Å². The second-order valence-electron chi connectivity index (χ2n) is 8.80. The molecule has 0 radical (unpaired) electrons. The van der Waals surface area contributed by atoms with E-state index in [0.29, 0.717) is 21.7 Å². The first-order valence-electron chi connectivity index (χ1n) is 12.1. The Morgan fingerprint density at radius 2 is 1.62 bits per heavy atom. The van der Waals surface area contributed by atoms with E-state index in [1.807, 2.05) is 6.92 Å². The zero-order valence-corrected chi connectivity index (χ0v) is 24.9. The highest BCUT2D eigenvalue weighted by molar-refractivity contribution is 9.10. The molecular weight excluding hydrogens is 586 g/mol. The average molecular weight is 619 g/mol. The maximum absolute atomic E-state index is 13.9. The lowest BCUT2D eigenvalue weighted by molar-refractivity contribution is -0.139. The molecule has 3 aromatic carbocycles. The summed E-state index contributed by atoms with van der Waals surface area (Å²) in [7, 11) is 0.331. The number of hydrogen-bond acceptors (Lipinski definition) is 6. The van der Waals surface area contributed by atoms with Gasteiger partial charge in [0.15, 0.2) is 0 Å². The van der Waals surface area contributed by atoms with Crippen molar-refractivity contribution < 1.29 is 27.5 Å². The highest BCUT2D eigenvalue weighted by Gasteiger charge is 2.32. The van der Waals surface area contributed by atoms with Gasteiger partial charge in [-0.05, 0) is 77.8 Å². The lowest BCUT2D eigenvalue weighted by Crippen LogP contribution is -2.50. The fourth-order valence-electron chi connectivity index (χ4n) is 3.89. The van der Waals surface area contributed by atoms with Gasteiger partial charge in [-0.15, -0.1) is 0 Å². The molecule has 0 bridgehead atoms.